The lowest BCUT2D eigenvalue weighted by molar-refractivity contribution is 0.252. The molecule has 0 amide bonds. The van der Waals surface area contributed by atoms with Crippen LogP contribution in [-0.2, 0) is 6.42 Å². The van der Waals surface area contributed by atoms with Crippen LogP contribution in [0.2, 0.25) is 0 Å². The van der Waals surface area contributed by atoms with Crippen molar-refractivity contribution >= 4 is 0 Å². The lowest BCUT2D eigenvalue weighted by atomic mass is 9.93. The molecule has 0 atom stereocenters. The van der Waals surface area contributed by atoms with Crippen molar-refractivity contribution in [2.24, 2.45) is 0 Å². The van der Waals surface area contributed by atoms with Crippen LogP contribution in [0.5, 0.6) is 0 Å². The molecule has 0 bridgehead atoms. The first-order valence-electron chi connectivity index (χ1n) is 6.46. The Bertz CT molecular complexity index is 354. The third kappa shape index (κ3) is 3.07. The quantitative estimate of drug-likeness (QED) is 0.867. The Morgan fingerprint density at radius 2 is 2.12 bits per heavy atom. The zero-order valence-corrected chi connectivity index (χ0v) is 10.8. The molecule has 1 N–H and O–H groups in total. The smallest absolute Gasteiger partial charge is 0.194 e. The zero-order valence-electron chi connectivity index (χ0n) is 10.8. The van der Waals surface area contributed by atoms with E-state index in [4.69, 9.17) is 9.52 Å². The number of likely N-dealkylation sites (tertiary alicyclic amines) is 1. The Balaban J connectivity index is 2.02. The second kappa shape index (κ2) is 5.65. The van der Waals surface area contributed by atoms with E-state index >= 15 is 0 Å². The summed E-state index contributed by atoms with van der Waals surface area (Å²) >= 11 is 0. The molecule has 17 heavy (non-hydrogen) atoms. The van der Waals surface area contributed by atoms with Gasteiger partial charge in [0.25, 0.3) is 0 Å². The minimum Gasteiger partial charge on any atom is -0.446 e. The summed E-state index contributed by atoms with van der Waals surface area (Å²) in [7, 11) is 2.17. The number of hydrogen-bond donors (Lipinski definition) is 1. The normalized spacial score (nSPS) is 18.8. The van der Waals surface area contributed by atoms with Crippen molar-refractivity contribution in [1.29, 1.82) is 0 Å². The predicted molar refractivity (Wildman–Crippen MR) is 66.1 cm³/mol. The summed E-state index contributed by atoms with van der Waals surface area (Å²) in [6, 6.07) is 0. The van der Waals surface area contributed by atoms with Gasteiger partial charge in [-0.1, -0.05) is 0 Å². The van der Waals surface area contributed by atoms with Crippen LogP contribution in [0.3, 0.4) is 0 Å². The Morgan fingerprint density at radius 1 is 1.41 bits per heavy atom. The fourth-order valence-electron chi connectivity index (χ4n) is 2.46. The summed E-state index contributed by atoms with van der Waals surface area (Å²) in [5.41, 5.74) is 1.14. The predicted octanol–water partition coefficient (Wildman–Crippen LogP) is 1.72. The molecule has 0 aliphatic carbocycles. The minimum absolute atomic E-state index is 0.199. The summed E-state index contributed by atoms with van der Waals surface area (Å²) in [5.74, 6) is 2.30. The molecule has 0 aromatic carbocycles. The van der Waals surface area contributed by atoms with E-state index in [1.165, 1.54) is 12.8 Å². The van der Waals surface area contributed by atoms with Gasteiger partial charge in [-0.25, -0.2) is 4.98 Å². The lowest BCUT2D eigenvalue weighted by Gasteiger charge is -2.27. The van der Waals surface area contributed by atoms with Crippen molar-refractivity contribution in [3.63, 3.8) is 0 Å². The van der Waals surface area contributed by atoms with Crippen molar-refractivity contribution in [2.45, 2.75) is 38.5 Å². The molecule has 1 fully saturated rings. The molecule has 4 nitrogen and oxygen atoms in total. The number of aromatic nitrogens is 1. The summed E-state index contributed by atoms with van der Waals surface area (Å²) in [4.78, 5) is 6.96. The maximum absolute atomic E-state index is 8.81. The van der Waals surface area contributed by atoms with Gasteiger partial charge in [0.15, 0.2) is 5.89 Å². The average Bonchev–Trinajstić information content (AvgIpc) is 2.69. The van der Waals surface area contributed by atoms with Gasteiger partial charge in [0.05, 0.1) is 5.69 Å². The van der Waals surface area contributed by atoms with Crippen molar-refractivity contribution in [3.8, 4) is 0 Å². The highest BCUT2D eigenvalue weighted by Crippen LogP contribution is 2.29. The van der Waals surface area contributed by atoms with Gasteiger partial charge in [-0.2, -0.15) is 0 Å². The number of nitrogens with zero attached hydrogens (tertiary/aromatic N) is 2. The minimum atomic E-state index is 0.199. The fraction of sp³-hybridized carbons (Fsp3) is 0.769. The van der Waals surface area contributed by atoms with Crippen LogP contribution in [0.25, 0.3) is 0 Å². The molecule has 1 saturated heterocycles. The Hall–Kier alpha value is -0.870. The van der Waals surface area contributed by atoms with Crippen LogP contribution in [0, 0.1) is 6.92 Å². The largest absolute Gasteiger partial charge is 0.446 e. The zero-order chi connectivity index (χ0) is 12.3. The highest BCUT2D eigenvalue weighted by molar-refractivity contribution is 5.15. The van der Waals surface area contributed by atoms with Gasteiger partial charge in [-0.05, 0) is 46.3 Å². The first-order valence-corrected chi connectivity index (χ1v) is 6.46. The highest BCUT2D eigenvalue weighted by Gasteiger charge is 2.23. The topological polar surface area (TPSA) is 49.5 Å². The van der Waals surface area contributed by atoms with Crippen LogP contribution in [0.4, 0.5) is 0 Å². The van der Waals surface area contributed by atoms with Crippen LogP contribution >= 0.6 is 0 Å². The first-order chi connectivity index (χ1) is 8.20. The summed E-state index contributed by atoms with van der Waals surface area (Å²) in [6.45, 7) is 4.49. The second-order valence-electron chi connectivity index (χ2n) is 4.95. The number of aliphatic hydroxyl groups excluding tert-OH is 1. The SMILES string of the molecule is Cc1oc(CCCO)nc1C1CCN(C)CC1. The van der Waals surface area contributed by atoms with Crippen molar-refractivity contribution in [1.82, 2.24) is 9.88 Å². The maximum atomic E-state index is 8.81. The standard InChI is InChI=1S/C13H22N2O2/c1-10-13(11-5-7-15(2)8-6-11)14-12(17-10)4-3-9-16/h11,16H,3-9H2,1-2H3. The van der Waals surface area contributed by atoms with Crippen molar-refractivity contribution < 1.29 is 9.52 Å². The van der Waals surface area contributed by atoms with Crippen LogP contribution < -0.4 is 0 Å². The van der Waals surface area contributed by atoms with Gasteiger partial charge in [0, 0.05) is 18.9 Å². The number of hydrogen-bond acceptors (Lipinski definition) is 4. The molecule has 2 rings (SSSR count). The molecule has 1 aromatic heterocycles. The molecule has 4 heteroatoms. The van der Waals surface area contributed by atoms with Crippen LogP contribution in [0.15, 0.2) is 4.42 Å². The van der Waals surface area contributed by atoms with Crippen molar-refractivity contribution in [2.75, 3.05) is 26.7 Å². The molecular formula is C13H22N2O2. The van der Waals surface area contributed by atoms with Crippen LogP contribution in [-0.4, -0.2) is 41.7 Å². The number of aryl methyl sites for hydroxylation is 2. The molecule has 0 unspecified atom stereocenters. The third-order valence-electron chi connectivity index (χ3n) is 3.53. The van der Waals surface area contributed by atoms with E-state index in [-0.39, 0.29) is 6.61 Å². The molecule has 0 radical (unpaired) electrons. The van der Waals surface area contributed by atoms with E-state index < -0.39 is 0 Å². The molecule has 1 aliphatic heterocycles. The number of aliphatic hydroxyl groups is 1. The second-order valence-corrected chi connectivity index (χ2v) is 4.95. The molecule has 2 heterocycles. The molecule has 96 valence electrons. The molecule has 1 aromatic rings. The van der Waals surface area contributed by atoms with E-state index in [0.717, 1.165) is 43.3 Å². The van der Waals surface area contributed by atoms with Gasteiger partial charge in [0.2, 0.25) is 0 Å². The summed E-state index contributed by atoms with van der Waals surface area (Å²) in [6.07, 6.45) is 3.81. The Kier molecular flexibility index (Phi) is 4.18. The maximum Gasteiger partial charge on any atom is 0.194 e. The molecular weight excluding hydrogens is 216 g/mol. The van der Waals surface area contributed by atoms with Gasteiger partial charge in [-0.3, -0.25) is 0 Å². The van der Waals surface area contributed by atoms with E-state index in [9.17, 15) is 0 Å². The third-order valence-corrected chi connectivity index (χ3v) is 3.53. The Labute approximate surface area is 103 Å². The first kappa shape index (κ1) is 12.6. The van der Waals surface area contributed by atoms with E-state index in [1.807, 2.05) is 6.92 Å². The van der Waals surface area contributed by atoms with Gasteiger partial charge in [0.1, 0.15) is 5.76 Å². The monoisotopic (exact) mass is 238 g/mol. The summed E-state index contributed by atoms with van der Waals surface area (Å²) < 4.78 is 5.66. The number of piperidine rings is 1. The highest BCUT2D eigenvalue weighted by atomic mass is 16.4. The molecule has 0 saturated carbocycles. The van der Waals surface area contributed by atoms with Gasteiger partial charge < -0.3 is 14.4 Å². The van der Waals surface area contributed by atoms with Gasteiger partial charge in [-0.15, -0.1) is 0 Å². The van der Waals surface area contributed by atoms with Crippen LogP contribution in [0.1, 0.15) is 42.5 Å². The number of oxazole rings is 1. The van der Waals surface area contributed by atoms with E-state index in [0.29, 0.717) is 5.92 Å². The fourth-order valence-corrected chi connectivity index (χ4v) is 2.46. The summed E-state index contributed by atoms with van der Waals surface area (Å²) in [5, 5.41) is 8.81. The van der Waals surface area contributed by atoms with E-state index in [1.54, 1.807) is 0 Å². The van der Waals surface area contributed by atoms with E-state index in [2.05, 4.69) is 16.9 Å². The molecule has 1 aliphatic rings. The molecule has 0 spiro atoms. The van der Waals surface area contributed by atoms with Crippen molar-refractivity contribution in [3.05, 3.63) is 17.3 Å². The Morgan fingerprint density at radius 3 is 2.76 bits per heavy atom. The van der Waals surface area contributed by atoms with Gasteiger partial charge >= 0.3 is 0 Å². The average molecular weight is 238 g/mol. The number of rotatable bonds is 4. The lowest BCUT2D eigenvalue weighted by Crippen LogP contribution is -2.29.